The Balaban J connectivity index is 1.60. The highest BCUT2D eigenvalue weighted by atomic mass is 32.2. The molecule has 1 aliphatic heterocycles. The highest BCUT2D eigenvalue weighted by Crippen LogP contribution is 2.31. The predicted molar refractivity (Wildman–Crippen MR) is 108 cm³/mol. The van der Waals surface area contributed by atoms with Crippen molar-refractivity contribution < 1.29 is 8.42 Å². The second kappa shape index (κ2) is 6.94. The average Bonchev–Trinajstić information content (AvgIpc) is 3.05. The molecule has 0 N–H and O–H groups in total. The minimum absolute atomic E-state index is 0.367. The van der Waals surface area contributed by atoms with Gasteiger partial charge in [-0.3, -0.25) is 0 Å². The monoisotopic (exact) mass is 381 g/mol. The lowest BCUT2D eigenvalue weighted by molar-refractivity contribution is 0.441. The fourth-order valence-corrected chi connectivity index (χ4v) is 5.01. The molecule has 0 saturated carbocycles. The van der Waals surface area contributed by atoms with Gasteiger partial charge >= 0.3 is 0 Å². The molecule has 6 heteroatoms. The van der Waals surface area contributed by atoms with Gasteiger partial charge in [0.2, 0.25) is 10.0 Å². The van der Waals surface area contributed by atoms with Crippen LogP contribution in [-0.4, -0.2) is 35.4 Å². The van der Waals surface area contributed by atoms with Gasteiger partial charge in [0.25, 0.3) is 0 Å². The molecule has 3 aromatic rings. The molecule has 4 rings (SSSR count). The van der Waals surface area contributed by atoms with Crippen LogP contribution in [0.15, 0.2) is 59.8 Å². The minimum atomic E-state index is -3.46. The second-order valence-electron chi connectivity index (χ2n) is 6.87. The van der Waals surface area contributed by atoms with E-state index in [2.05, 4.69) is 24.2 Å². The fourth-order valence-electron chi connectivity index (χ4n) is 3.63. The standard InChI is InChI=1S/C21H23N3O2S/c1-3-16-6-8-18(9-7-16)27(25,26)24-13-10-17(11-14-24)20-15-23(2)21-19(20)5-4-12-22-21/h4-10,12,15H,3,11,13-14H2,1-2H3. The fraction of sp³-hybridized carbons (Fsp3) is 0.286. The lowest BCUT2D eigenvalue weighted by atomic mass is 10.0. The Bertz CT molecular complexity index is 1110. The first-order chi connectivity index (χ1) is 13.0. The third-order valence-electron chi connectivity index (χ3n) is 5.22. The Morgan fingerprint density at radius 2 is 1.93 bits per heavy atom. The smallest absolute Gasteiger partial charge is 0.243 e. The molecule has 0 atom stereocenters. The molecule has 1 aliphatic rings. The number of aryl methyl sites for hydroxylation is 2. The van der Waals surface area contributed by atoms with Crippen molar-refractivity contribution in [2.45, 2.75) is 24.7 Å². The van der Waals surface area contributed by atoms with E-state index in [0.29, 0.717) is 24.4 Å². The van der Waals surface area contributed by atoms with Gasteiger partial charge < -0.3 is 4.57 Å². The van der Waals surface area contributed by atoms with Crippen molar-refractivity contribution in [1.29, 1.82) is 0 Å². The van der Waals surface area contributed by atoms with Gasteiger partial charge in [-0.25, -0.2) is 13.4 Å². The zero-order valence-corrected chi connectivity index (χ0v) is 16.4. The SMILES string of the molecule is CCc1ccc(S(=O)(=O)N2CC=C(c3cn(C)c4ncccc34)CC2)cc1. The molecule has 0 spiro atoms. The predicted octanol–water partition coefficient (Wildman–Crippen LogP) is 3.61. The summed E-state index contributed by atoms with van der Waals surface area (Å²) >= 11 is 0. The van der Waals surface area contributed by atoms with Crippen molar-refractivity contribution in [2.24, 2.45) is 7.05 Å². The Morgan fingerprint density at radius 3 is 2.59 bits per heavy atom. The Kier molecular flexibility index (Phi) is 4.61. The number of aromatic nitrogens is 2. The summed E-state index contributed by atoms with van der Waals surface area (Å²) < 4.78 is 29.4. The zero-order valence-electron chi connectivity index (χ0n) is 15.6. The topological polar surface area (TPSA) is 55.2 Å². The van der Waals surface area contributed by atoms with Crippen LogP contribution in [0, 0.1) is 0 Å². The largest absolute Gasteiger partial charge is 0.335 e. The number of hydrogen-bond acceptors (Lipinski definition) is 3. The maximum Gasteiger partial charge on any atom is 0.243 e. The van der Waals surface area contributed by atoms with Crippen molar-refractivity contribution in [3.05, 3.63) is 66.0 Å². The molecule has 1 aromatic carbocycles. The van der Waals surface area contributed by atoms with Crippen molar-refractivity contribution in [2.75, 3.05) is 13.1 Å². The number of nitrogens with zero attached hydrogens (tertiary/aromatic N) is 3. The maximum atomic E-state index is 12.9. The molecule has 0 unspecified atom stereocenters. The van der Waals surface area contributed by atoms with E-state index in [-0.39, 0.29) is 0 Å². The Hall–Kier alpha value is -2.44. The molecular formula is C21H23N3O2S. The zero-order chi connectivity index (χ0) is 19.0. The van der Waals surface area contributed by atoms with E-state index in [0.717, 1.165) is 28.6 Å². The summed E-state index contributed by atoms with van der Waals surface area (Å²) in [5, 5.41) is 1.11. The number of sulfonamides is 1. The van der Waals surface area contributed by atoms with Gasteiger partial charge in [0.1, 0.15) is 5.65 Å². The summed E-state index contributed by atoms with van der Waals surface area (Å²) in [6.45, 7) is 2.94. The average molecular weight is 382 g/mol. The van der Waals surface area contributed by atoms with Gasteiger partial charge in [-0.2, -0.15) is 4.31 Å². The molecular weight excluding hydrogens is 358 g/mol. The summed E-state index contributed by atoms with van der Waals surface area (Å²) in [7, 11) is -1.47. The lowest BCUT2D eigenvalue weighted by Gasteiger charge is -2.26. The van der Waals surface area contributed by atoms with E-state index in [9.17, 15) is 8.42 Å². The van der Waals surface area contributed by atoms with Crippen LogP contribution in [0.1, 0.15) is 24.5 Å². The van der Waals surface area contributed by atoms with Gasteiger partial charge in [-0.15, -0.1) is 0 Å². The highest BCUT2D eigenvalue weighted by molar-refractivity contribution is 7.89. The van der Waals surface area contributed by atoms with Crippen molar-refractivity contribution >= 4 is 26.6 Å². The van der Waals surface area contributed by atoms with Gasteiger partial charge in [0, 0.05) is 43.5 Å². The molecule has 0 fully saturated rings. The van der Waals surface area contributed by atoms with Gasteiger partial charge in [0.05, 0.1) is 4.90 Å². The van der Waals surface area contributed by atoms with Crippen molar-refractivity contribution in [3.8, 4) is 0 Å². The molecule has 27 heavy (non-hydrogen) atoms. The summed E-state index contributed by atoms with van der Waals surface area (Å²) in [5.74, 6) is 0. The van der Waals surface area contributed by atoms with E-state index < -0.39 is 10.0 Å². The third kappa shape index (κ3) is 3.19. The van der Waals surface area contributed by atoms with Crippen molar-refractivity contribution in [3.63, 3.8) is 0 Å². The molecule has 0 amide bonds. The van der Waals surface area contributed by atoms with Crippen LogP contribution in [0.5, 0.6) is 0 Å². The maximum absolute atomic E-state index is 12.9. The molecule has 0 radical (unpaired) electrons. The molecule has 0 aliphatic carbocycles. The van der Waals surface area contributed by atoms with Crippen LogP contribution in [-0.2, 0) is 23.5 Å². The van der Waals surface area contributed by atoms with Crippen LogP contribution in [0.2, 0.25) is 0 Å². The van der Waals surface area contributed by atoms with Gasteiger partial charge in [-0.1, -0.05) is 25.1 Å². The lowest BCUT2D eigenvalue weighted by Crippen LogP contribution is -2.34. The third-order valence-corrected chi connectivity index (χ3v) is 7.10. The molecule has 3 heterocycles. The number of hydrogen-bond donors (Lipinski definition) is 0. The van der Waals surface area contributed by atoms with Crippen LogP contribution in [0.25, 0.3) is 16.6 Å². The number of fused-ring (bicyclic) bond motifs is 1. The normalized spacial score (nSPS) is 15.9. The van der Waals surface area contributed by atoms with Crippen LogP contribution < -0.4 is 0 Å². The van der Waals surface area contributed by atoms with Crippen LogP contribution in [0.3, 0.4) is 0 Å². The number of rotatable bonds is 4. The second-order valence-corrected chi connectivity index (χ2v) is 8.81. The summed E-state index contributed by atoms with van der Waals surface area (Å²) in [4.78, 5) is 4.80. The highest BCUT2D eigenvalue weighted by Gasteiger charge is 2.27. The van der Waals surface area contributed by atoms with E-state index in [4.69, 9.17) is 0 Å². The number of pyridine rings is 1. The Morgan fingerprint density at radius 1 is 1.15 bits per heavy atom. The molecule has 0 bridgehead atoms. The molecule has 140 valence electrons. The van der Waals surface area contributed by atoms with E-state index >= 15 is 0 Å². The van der Waals surface area contributed by atoms with Gasteiger partial charge in [0.15, 0.2) is 0 Å². The van der Waals surface area contributed by atoms with Crippen LogP contribution in [0.4, 0.5) is 0 Å². The summed E-state index contributed by atoms with van der Waals surface area (Å²) in [5.41, 5.74) is 4.41. The van der Waals surface area contributed by atoms with Crippen molar-refractivity contribution in [1.82, 2.24) is 13.9 Å². The minimum Gasteiger partial charge on any atom is -0.335 e. The Labute approximate surface area is 160 Å². The summed E-state index contributed by atoms with van der Waals surface area (Å²) in [6.07, 6.45) is 7.50. The van der Waals surface area contributed by atoms with E-state index in [1.54, 1.807) is 22.6 Å². The number of benzene rings is 1. The van der Waals surface area contributed by atoms with E-state index in [1.165, 1.54) is 5.57 Å². The summed E-state index contributed by atoms with van der Waals surface area (Å²) in [6, 6.07) is 11.2. The molecule has 2 aromatic heterocycles. The first-order valence-corrected chi connectivity index (χ1v) is 10.6. The van der Waals surface area contributed by atoms with E-state index in [1.807, 2.05) is 35.9 Å². The van der Waals surface area contributed by atoms with Gasteiger partial charge in [-0.05, 0) is 48.2 Å². The molecule has 0 saturated heterocycles. The first-order valence-electron chi connectivity index (χ1n) is 9.19. The van der Waals surface area contributed by atoms with Crippen LogP contribution >= 0.6 is 0 Å². The first kappa shape index (κ1) is 17.9. The quantitative estimate of drug-likeness (QED) is 0.694. The molecule has 5 nitrogen and oxygen atoms in total.